The van der Waals surface area contributed by atoms with Gasteiger partial charge in [0.1, 0.15) is 17.3 Å². The second-order valence-corrected chi connectivity index (χ2v) is 14.4. The van der Waals surface area contributed by atoms with E-state index in [2.05, 4.69) is 126 Å². The average Bonchev–Trinajstić information content (AvgIpc) is 3.71. The lowest BCUT2D eigenvalue weighted by Gasteiger charge is -2.23. The molecule has 50 heavy (non-hydrogen) atoms. The smallest absolute Gasteiger partial charge is 0.137 e. The molecule has 0 saturated carbocycles. The Morgan fingerprint density at radius 3 is 2.10 bits per heavy atom. The Labute approximate surface area is 296 Å². The first kappa shape index (κ1) is 33.3. The standard InChI is InChI=1S/C45H48N4O/c1-8-38-32(21-29(3)4)24-33(22-30(5)6)39(9-2)45(38)34-27-47-48(28-34)35-13-12-14-36(25-35)50-37-17-18-41-40-15-10-11-16-42(40)49(43(41)26-37)44-23-31(7)19-20-46-44/h10-20,23-30H,8-9,21-22H2,1-7H3. The fourth-order valence-electron chi connectivity index (χ4n) is 7.61. The number of nitrogens with zero attached hydrogens (tertiary/aromatic N) is 4. The van der Waals surface area contributed by atoms with E-state index in [9.17, 15) is 0 Å². The second-order valence-electron chi connectivity index (χ2n) is 14.4. The highest BCUT2D eigenvalue weighted by Gasteiger charge is 2.20. The molecule has 3 aromatic heterocycles. The molecule has 5 nitrogen and oxygen atoms in total. The molecule has 0 aliphatic heterocycles. The minimum absolute atomic E-state index is 0.598. The second kappa shape index (κ2) is 14.0. The summed E-state index contributed by atoms with van der Waals surface area (Å²) in [5.41, 5.74) is 12.8. The molecule has 3 heterocycles. The van der Waals surface area contributed by atoms with Crippen molar-refractivity contribution in [2.24, 2.45) is 11.8 Å². The summed E-state index contributed by atoms with van der Waals surface area (Å²) >= 11 is 0. The van der Waals surface area contributed by atoms with Gasteiger partial charge in [0.05, 0.1) is 22.9 Å². The van der Waals surface area contributed by atoms with Crippen molar-refractivity contribution in [2.75, 3.05) is 0 Å². The number of aryl methyl sites for hydroxylation is 1. The zero-order chi connectivity index (χ0) is 34.9. The molecular formula is C45H48N4O. The molecule has 0 unspecified atom stereocenters. The van der Waals surface area contributed by atoms with Crippen molar-refractivity contribution in [2.45, 2.75) is 74.1 Å². The highest BCUT2D eigenvalue weighted by atomic mass is 16.5. The predicted octanol–water partition coefficient (Wildman–Crippen LogP) is 11.7. The molecule has 7 rings (SSSR count). The molecule has 0 N–H and O–H groups in total. The topological polar surface area (TPSA) is 44.9 Å². The molecule has 7 aromatic rings. The van der Waals surface area contributed by atoms with Gasteiger partial charge in [-0.05, 0) is 120 Å². The quantitative estimate of drug-likeness (QED) is 0.139. The van der Waals surface area contributed by atoms with E-state index >= 15 is 0 Å². The van der Waals surface area contributed by atoms with Gasteiger partial charge in [0, 0.05) is 40.9 Å². The van der Waals surface area contributed by atoms with E-state index in [1.807, 2.05) is 35.3 Å². The third kappa shape index (κ3) is 6.45. The Kier molecular flexibility index (Phi) is 9.33. The Hall–Kier alpha value is -5.16. The highest BCUT2D eigenvalue weighted by molar-refractivity contribution is 6.09. The minimum Gasteiger partial charge on any atom is -0.457 e. The monoisotopic (exact) mass is 660 g/mol. The zero-order valence-corrected chi connectivity index (χ0v) is 30.5. The Bertz CT molecular complexity index is 2270. The number of ether oxygens (including phenoxy) is 1. The molecule has 0 amide bonds. The molecule has 0 saturated heterocycles. The van der Waals surface area contributed by atoms with Crippen LogP contribution >= 0.6 is 0 Å². The van der Waals surface area contributed by atoms with Gasteiger partial charge < -0.3 is 4.74 Å². The van der Waals surface area contributed by atoms with E-state index in [0.29, 0.717) is 11.8 Å². The highest BCUT2D eigenvalue weighted by Crippen LogP contribution is 2.38. The fraction of sp³-hybridized carbons (Fsp3) is 0.289. The van der Waals surface area contributed by atoms with Crippen LogP contribution in [0.25, 0.3) is 44.4 Å². The molecule has 5 heteroatoms. The van der Waals surface area contributed by atoms with Crippen LogP contribution in [-0.4, -0.2) is 19.3 Å². The Balaban J connectivity index is 1.25. The summed E-state index contributed by atoms with van der Waals surface area (Å²) in [5.74, 6) is 3.63. The van der Waals surface area contributed by atoms with Crippen molar-refractivity contribution in [1.29, 1.82) is 0 Å². The number of hydrogen-bond acceptors (Lipinski definition) is 3. The molecule has 0 spiro atoms. The van der Waals surface area contributed by atoms with Crippen molar-refractivity contribution in [3.63, 3.8) is 0 Å². The zero-order valence-electron chi connectivity index (χ0n) is 30.5. The Morgan fingerprint density at radius 1 is 0.700 bits per heavy atom. The number of para-hydroxylation sites is 1. The third-order valence-corrected chi connectivity index (χ3v) is 9.66. The number of rotatable bonds is 11. The number of hydrogen-bond donors (Lipinski definition) is 0. The number of aromatic nitrogens is 4. The first-order valence-electron chi connectivity index (χ1n) is 18.2. The molecule has 0 fully saturated rings. The molecule has 0 aliphatic carbocycles. The molecule has 0 aliphatic rings. The number of pyridine rings is 1. The Morgan fingerprint density at radius 2 is 1.40 bits per heavy atom. The van der Waals surface area contributed by atoms with E-state index in [1.165, 1.54) is 49.7 Å². The van der Waals surface area contributed by atoms with Gasteiger partial charge in [0.2, 0.25) is 0 Å². The van der Waals surface area contributed by atoms with E-state index in [0.717, 1.165) is 59.7 Å². The third-order valence-electron chi connectivity index (χ3n) is 9.66. The van der Waals surface area contributed by atoms with Gasteiger partial charge >= 0.3 is 0 Å². The predicted molar refractivity (Wildman–Crippen MR) is 208 cm³/mol. The van der Waals surface area contributed by atoms with Gasteiger partial charge in [-0.25, -0.2) is 9.67 Å². The summed E-state index contributed by atoms with van der Waals surface area (Å²) in [6.07, 6.45) is 10.3. The van der Waals surface area contributed by atoms with Gasteiger partial charge in [-0.2, -0.15) is 5.10 Å². The van der Waals surface area contributed by atoms with Crippen LogP contribution in [0.15, 0.2) is 104 Å². The summed E-state index contributed by atoms with van der Waals surface area (Å²) in [4.78, 5) is 4.73. The van der Waals surface area contributed by atoms with Gasteiger partial charge in [0.15, 0.2) is 0 Å². The summed E-state index contributed by atoms with van der Waals surface area (Å²) in [5, 5.41) is 7.27. The van der Waals surface area contributed by atoms with Crippen LogP contribution in [0.4, 0.5) is 0 Å². The van der Waals surface area contributed by atoms with E-state index in [-0.39, 0.29) is 0 Å². The SMILES string of the molecule is CCc1c(CC(C)C)cc(CC(C)C)c(CC)c1-c1cnn(-c2cccc(Oc3ccc4c5ccccc5n(-c5cc(C)ccn5)c4c3)c2)c1. The summed E-state index contributed by atoms with van der Waals surface area (Å²) in [6, 6.07) is 29.7. The first-order valence-corrected chi connectivity index (χ1v) is 18.2. The van der Waals surface area contributed by atoms with E-state index in [1.54, 1.807) is 0 Å². The molecular weight excluding hydrogens is 613 g/mol. The first-order chi connectivity index (χ1) is 24.2. The van der Waals surface area contributed by atoms with Crippen LogP contribution in [0.1, 0.15) is 69.4 Å². The molecule has 254 valence electrons. The van der Waals surface area contributed by atoms with Gasteiger partial charge in [-0.1, -0.05) is 71.9 Å². The minimum atomic E-state index is 0.598. The maximum absolute atomic E-state index is 6.55. The lowest BCUT2D eigenvalue weighted by molar-refractivity contribution is 0.483. The maximum atomic E-state index is 6.55. The van der Waals surface area contributed by atoms with Crippen molar-refractivity contribution < 1.29 is 4.74 Å². The molecule has 4 aromatic carbocycles. The number of benzene rings is 4. The summed E-state index contributed by atoms with van der Waals surface area (Å²) in [6.45, 7) is 16.0. The average molecular weight is 661 g/mol. The van der Waals surface area contributed by atoms with Gasteiger partial charge in [0.25, 0.3) is 0 Å². The lowest BCUT2D eigenvalue weighted by Crippen LogP contribution is -2.09. The molecule has 0 bridgehead atoms. The van der Waals surface area contributed by atoms with Gasteiger partial charge in [-0.3, -0.25) is 4.57 Å². The van der Waals surface area contributed by atoms with Crippen LogP contribution in [-0.2, 0) is 25.7 Å². The molecule has 0 radical (unpaired) electrons. The van der Waals surface area contributed by atoms with Crippen molar-refractivity contribution in [1.82, 2.24) is 19.3 Å². The normalized spacial score (nSPS) is 11.8. The van der Waals surface area contributed by atoms with Crippen molar-refractivity contribution in [3.8, 4) is 34.1 Å². The fourth-order valence-corrected chi connectivity index (χ4v) is 7.61. The van der Waals surface area contributed by atoms with Gasteiger partial charge in [-0.15, -0.1) is 0 Å². The van der Waals surface area contributed by atoms with Crippen molar-refractivity contribution in [3.05, 3.63) is 131 Å². The largest absolute Gasteiger partial charge is 0.457 e. The van der Waals surface area contributed by atoms with Crippen LogP contribution in [0, 0.1) is 18.8 Å². The summed E-state index contributed by atoms with van der Waals surface area (Å²) in [7, 11) is 0. The van der Waals surface area contributed by atoms with E-state index in [4.69, 9.17) is 14.8 Å². The van der Waals surface area contributed by atoms with E-state index < -0.39 is 0 Å². The summed E-state index contributed by atoms with van der Waals surface area (Å²) < 4.78 is 10.8. The van der Waals surface area contributed by atoms with Crippen LogP contribution in [0.3, 0.4) is 0 Å². The number of fused-ring (bicyclic) bond motifs is 3. The lowest BCUT2D eigenvalue weighted by atomic mass is 9.82. The van der Waals surface area contributed by atoms with Crippen LogP contribution in [0.2, 0.25) is 0 Å². The van der Waals surface area contributed by atoms with Crippen molar-refractivity contribution >= 4 is 21.8 Å². The molecule has 0 atom stereocenters. The van der Waals surface area contributed by atoms with Crippen LogP contribution < -0.4 is 4.74 Å². The maximum Gasteiger partial charge on any atom is 0.137 e. The van der Waals surface area contributed by atoms with Crippen LogP contribution in [0.5, 0.6) is 11.5 Å².